The molecule has 9 heteroatoms. The van der Waals surface area contributed by atoms with Crippen molar-refractivity contribution >= 4 is 40.8 Å². The van der Waals surface area contributed by atoms with E-state index in [2.05, 4.69) is 10.6 Å². The predicted octanol–water partition coefficient (Wildman–Crippen LogP) is 3.94. The molecule has 4 rings (SSSR count). The van der Waals surface area contributed by atoms with Gasteiger partial charge in [0, 0.05) is 29.3 Å². The number of anilines is 1. The molecule has 2 heterocycles. The number of aliphatic hydroxyl groups is 1. The summed E-state index contributed by atoms with van der Waals surface area (Å²) in [6, 6.07) is 7.29. The van der Waals surface area contributed by atoms with Crippen LogP contribution in [0.25, 0.3) is 0 Å². The number of carboxylic acid groups (broad SMARTS) is 1. The summed E-state index contributed by atoms with van der Waals surface area (Å²) >= 11 is 12.2. The second-order valence-electron chi connectivity index (χ2n) is 9.20. The zero-order valence-corrected chi connectivity index (χ0v) is 19.0. The number of benzene rings is 2. The summed E-state index contributed by atoms with van der Waals surface area (Å²) in [7, 11) is 0. The highest BCUT2D eigenvalue weighted by Crippen LogP contribution is 2.57. The van der Waals surface area contributed by atoms with Gasteiger partial charge in [-0.25, -0.2) is 4.39 Å². The van der Waals surface area contributed by atoms with Gasteiger partial charge in [0.15, 0.2) is 0 Å². The van der Waals surface area contributed by atoms with Crippen LogP contribution in [0, 0.1) is 11.2 Å². The zero-order chi connectivity index (χ0) is 23.4. The van der Waals surface area contributed by atoms with Crippen molar-refractivity contribution in [2.75, 3.05) is 11.9 Å². The smallest absolute Gasteiger partial charge is 0.321 e. The fraction of sp³-hybridized carbons (Fsp3) is 0.391. The van der Waals surface area contributed by atoms with Crippen molar-refractivity contribution in [3.05, 3.63) is 63.4 Å². The van der Waals surface area contributed by atoms with E-state index < -0.39 is 46.5 Å². The molecule has 170 valence electrons. The van der Waals surface area contributed by atoms with Gasteiger partial charge in [0.1, 0.15) is 17.3 Å². The maximum atomic E-state index is 15.3. The van der Waals surface area contributed by atoms with Crippen molar-refractivity contribution < 1.29 is 24.2 Å². The topological polar surface area (TPSA) is 98.7 Å². The number of carboxylic acids is 1. The first-order chi connectivity index (χ1) is 15.0. The maximum absolute atomic E-state index is 15.3. The van der Waals surface area contributed by atoms with Crippen molar-refractivity contribution in [3.8, 4) is 0 Å². The van der Waals surface area contributed by atoms with Crippen LogP contribution in [0.2, 0.25) is 10.0 Å². The predicted molar refractivity (Wildman–Crippen MR) is 120 cm³/mol. The van der Waals surface area contributed by atoms with Crippen molar-refractivity contribution in [2.45, 2.75) is 43.7 Å². The molecule has 0 bridgehead atoms. The van der Waals surface area contributed by atoms with Gasteiger partial charge >= 0.3 is 5.97 Å². The molecule has 0 saturated carbocycles. The second kappa shape index (κ2) is 7.99. The van der Waals surface area contributed by atoms with Crippen LogP contribution in [0.1, 0.15) is 37.3 Å². The minimum Gasteiger partial charge on any atom is -0.480 e. The van der Waals surface area contributed by atoms with Gasteiger partial charge in [0.25, 0.3) is 0 Å². The number of carbonyl (C=O) groups is 2. The third-order valence-corrected chi connectivity index (χ3v) is 7.10. The molecule has 1 saturated heterocycles. The second-order valence-corrected chi connectivity index (χ2v) is 10.0. The zero-order valence-electron chi connectivity index (χ0n) is 17.5. The largest absolute Gasteiger partial charge is 0.480 e. The number of amides is 1. The van der Waals surface area contributed by atoms with E-state index in [0.717, 1.165) is 0 Å². The fourth-order valence-electron chi connectivity index (χ4n) is 5.14. The quantitative estimate of drug-likeness (QED) is 0.519. The molecule has 0 radical (unpaired) electrons. The molecule has 1 spiro atoms. The van der Waals surface area contributed by atoms with Crippen LogP contribution in [0.15, 0.2) is 36.4 Å². The summed E-state index contributed by atoms with van der Waals surface area (Å²) in [6.07, 6.45) is 0.265. The highest BCUT2D eigenvalue weighted by molar-refractivity contribution is 6.31. The van der Waals surface area contributed by atoms with Gasteiger partial charge in [-0.15, -0.1) is 0 Å². The Morgan fingerprint density at radius 2 is 1.97 bits per heavy atom. The van der Waals surface area contributed by atoms with Crippen molar-refractivity contribution in [1.82, 2.24) is 5.32 Å². The first kappa shape index (κ1) is 23.0. The lowest BCUT2D eigenvalue weighted by molar-refractivity contribution is -0.139. The third kappa shape index (κ3) is 3.39. The Morgan fingerprint density at radius 3 is 2.62 bits per heavy atom. The molecule has 4 atom stereocenters. The van der Waals surface area contributed by atoms with Gasteiger partial charge in [-0.1, -0.05) is 55.2 Å². The molecule has 6 nitrogen and oxygen atoms in total. The van der Waals surface area contributed by atoms with Crippen LogP contribution < -0.4 is 10.6 Å². The monoisotopic (exact) mass is 480 g/mol. The Balaban J connectivity index is 2.03. The van der Waals surface area contributed by atoms with Gasteiger partial charge in [-0.05, 0) is 41.2 Å². The molecular formula is C23H23Cl2FN2O4. The summed E-state index contributed by atoms with van der Waals surface area (Å²) in [6.45, 7) is 3.46. The van der Waals surface area contributed by atoms with E-state index in [9.17, 15) is 19.8 Å². The Hall–Kier alpha value is -2.19. The average Bonchev–Trinajstić information content (AvgIpc) is 3.20. The first-order valence-corrected chi connectivity index (χ1v) is 10.9. The molecule has 1 amide bonds. The summed E-state index contributed by atoms with van der Waals surface area (Å²) in [4.78, 5) is 26.0. The number of rotatable bonds is 5. The molecule has 2 aliphatic rings. The van der Waals surface area contributed by atoms with E-state index in [1.165, 1.54) is 18.2 Å². The average molecular weight is 481 g/mol. The van der Waals surface area contributed by atoms with Crippen LogP contribution in [0.5, 0.6) is 0 Å². The van der Waals surface area contributed by atoms with E-state index in [1.54, 1.807) is 18.2 Å². The first-order valence-electron chi connectivity index (χ1n) is 10.2. The lowest BCUT2D eigenvalue weighted by Crippen LogP contribution is -2.50. The summed E-state index contributed by atoms with van der Waals surface area (Å²) in [5.41, 5.74) is -1.06. The highest BCUT2D eigenvalue weighted by Gasteiger charge is 2.66. The van der Waals surface area contributed by atoms with Crippen LogP contribution in [-0.4, -0.2) is 40.8 Å². The van der Waals surface area contributed by atoms with E-state index in [1.807, 2.05) is 13.8 Å². The van der Waals surface area contributed by atoms with Crippen LogP contribution >= 0.6 is 23.2 Å². The number of hydrogen-bond donors (Lipinski definition) is 4. The molecule has 0 aliphatic carbocycles. The molecule has 2 aromatic carbocycles. The van der Waals surface area contributed by atoms with Crippen LogP contribution in [-0.2, 0) is 15.0 Å². The van der Waals surface area contributed by atoms with Gasteiger partial charge < -0.3 is 15.5 Å². The molecule has 4 N–H and O–H groups in total. The van der Waals surface area contributed by atoms with E-state index >= 15 is 4.39 Å². The lowest BCUT2D eigenvalue weighted by atomic mass is 9.62. The molecular weight excluding hydrogens is 458 g/mol. The maximum Gasteiger partial charge on any atom is 0.321 e. The fourth-order valence-corrected chi connectivity index (χ4v) is 5.50. The Bertz CT molecular complexity index is 1110. The third-order valence-electron chi connectivity index (χ3n) is 6.57. The van der Waals surface area contributed by atoms with E-state index in [4.69, 9.17) is 23.2 Å². The van der Waals surface area contributed by atoms with Gasteiger partial charge in [-0.3, -0.25) is 14.9 Å². The molecule has 32 heavy (non-hydrogen) atoms. The minimum absolute atomic E-state index is 0.0413. The summed E-state index contributed by atoms with van der Waals surface area (Å²) in [5, 5.41) is 26.1. The minimum atomic E-state index is -1.46. The standard InChI is InChI=1S/C23H23Cl2FN2O4/c1-22(2,10-29)9-16-23(13-7-6-11(24)8-15(13)27-21(23)32)17(19(28-16)20(30)31)12-4-3-5-14(25)18(12)26/h3-8,16-17,19,28-29H,9-10H2,1-2H3,(H,27,32)(H,30,31)/t16-,17+,19+,23?/m0/s1. The number of nitrogens with one attached hydrogen (secondary N) is 2. The number of fused-ring (bicyclic) bond motifs is 2. The summed E-state index contributed by atoms with van der Waals surface area (Å²) in [5.74, 6) is -3.52. The summed E-state index contributed by atoms with van der Waals surface area (Å²) < 4.78 is 15.3. The molecule has 2 aromatic rings. The van der Waals surface area contributed by atoms with E-state index in [-0.39, 0.29) is 23.6 Å². The van der Waals surface area contributed by atoms with Gasteiger partial charge in [0.2, 0.25) is 5.91 Å². The molecule has 1 fully saturated rings. The normalized spacial score (nSPS) is 26.9. The van der Waals surface area contributed by atoms with E-state index in [0.29, 0.717) is 16.3 Å². The van der Waals surface area contributed by atoms with Crippen molar-refractivity contribution in [2.24, 2.45) is 5.41 Å². The molecule has 0 aromatic heterocycles. The Morgan fingerprint density at radius 1 is 1.25 bits per heavy atom. The van der Waals surface area contributed by atoms with Crippen LogP contribution in [0.3, 0.4) is 0 Å². The number of hydrogen-bond acceptors (Lipinski definition) is 4. The highest BCUT2D eigenvalue weighted by atomic mass is 35.5. The van der Waals surface area contributed by atoms with Crippen molar-refractivity contribution in [3.63, 3.8) is 0 Å². The lowest BCUT2D eigenvalue weighted by Gasteiger charge is -2.38. The Labute approximate surface area is 194 Å². The SMILES string of the molecule is CC(C)(CO)C[C@@H]1N[C@@H](C(=O)O)[C@@H](c2cccc(Cl)c2F)C12C(=O)Nc1cc(Cl)ccc12. The molecule has 2 aliphatic heterocycles. The number of halogens is 3. The van der Waals surface area contributed by atoms with Crippen LogP contribution in [0.4, 0.5) is 10.1 Å². The van der Waals surface area contributed by atoms with Crippen molar-refractivity contribution in [1.29, 1.82) is 0 Å². The number of aliphatic hydroxyl groups excluding tert-OH is 1. The number of aliphatic carboxylic acids is 1. The molecule has 1 unspecified atom stereocenters. The van der Waals surface area contributed by atoms with Gasteiger partial charge in [0.05, 0.1) is 5.02 Å². The Kier molecular flexibility index (Phi) is 5.74. The number of carbonyl (C=O) groups excluding carboxylic acids is 1. The van der Waals surface area contributed by atoms with Gasteiger partial charge in [-0.2, -0.15) is 0 Å².